The average molecular weight is 187 g/mol. The number of nitrogens with one attached hydrogen (secondary N) is 1. The smallest absolute Gasteiger partial charge is 0.181 e. The molecule has 0 atom stereocenters. The van der Waals surface area contributed by atoms with Crippen molar-refractivity contribution in [1.29, 1.82) is 0 Å². The zero-order valence-electron chi connectivity index (χ0n) is 7.06. The molecule has 1 rings (SSSR count). The van der Waals surface area contributed by atoms with Crippen LogP contribution in [0.5, 0.6) is 0 Å². The quantitative estimate of drug-likeness (QED) is 0.704. The molecule has 0 unspecified atom stereocenters. The van der Waals surface area contributed by atoms with Crippen LogP contribution in [0.1, 0.15) is 6.42 Å². The number of benzene rings is 1. The van der Waals surface area contributed by atoms with Crippen LogP contribution in [0.2, 0.25) is 0 Å². The number of rotatable bonds is 4. The molecule has 0 spiro atoms. The van der Waals surface area contributed by atoms with Crippen LogP contribution in [0.25, 0.3) is 0 Å². The first-order valence-corrected chi connectivity index (χ1v) is 4.04. The van der Waals surface area contributed by atoms with Gasteiger partial charge in [-0.2, -0.15) is 0 Å². The molecule has 0 fully saturated rings. The maximum Gasteiger partial charge on any atom is 0.181 e. The SMILES string of the molecule is OCCCNc1cccc(F)c1F. The van der Waals surface area contributed by atoms with Gasteiger partial charge in [-0.05, 0) is 18.6 Å². The van der Waals surface area contributed by atoms with E-state index in [-0.39, 0.29) is 12.3 Å². The number of aliphatic hydroxyl groups excluding tert-OH is 1. The molecule has 0 radical (unpaired) electrons. The summed E-state index contributed by atoms with van der Waals surface area (Å²) in [4.78, 5) is 0. The fourth-order valence-corrected chi connectivity index (χ4v) is 0.942. The highest BCUT2D eigenvalue weighted by atomic mass is 19.2. The molecular weight excluding hydrogens is 176 g/mol. The average Bonchev–Trinajstić information content (AvgIpc) is 2.13. The van der Waals surface area contributed by atoms with Crippen LogP contribution in [-0.4, -0.2) is 18.3 Å². The first kappa shape index (κ1) is 9.92. The summed E-state index contributed by atoms with van der Waals surface area (Å²) in [6.45, 7) is 0.459. The van der Waals surface area contributed by atoms with Crippen molar-refractivity contribution in [2.24, 2.45) is 0 Å². The highest BCUT2D eigenvalue weighted by Gasteiger charge is 2.05. The lowest BCUT2D eigenvalue weighted by atomic mass is 10.3. The van der Waals surface area contributed by atoms with Crippen molar-refractivity contribution in [2.75, 3.05) is 18.5 Å². The summed E-state index contributed by atoms with van der Waals surface area (Å²) in [5, 5.41) is 11.1. The number of hydrogen-bond acceptors (Lipinski definition) is 2. The second-order valence-corrected chi connectivity index (χ2v) is 2.61. The molecule has 0 saturated heterocycles. The molecule has 0 aliphatic heterocycles. The standard InChI is InChI=1S/C9H11F2NO/c10-7-3-1-4-8(9(7)11)12-5-2-6-13/h1,3-4,12-13H,2,5-6H2. The van der Waals surface area contributed by atoms with Gasteiger partial charge in [0, 0.05) is 13.2 Å². The van der Waals surface area contributed by atoms with Gasteiger partial charge in [-0.25, -0.2) is 8.78 Å². The molecule has 2 N–H and O–H groups in total. The Hall–Kier alpha value is -1.16. The zero-order chi connectivity index (χ0) is 9.68. The van der Waals surface area contributed by atoms with Gasteiger partial charge in [-0.15, -0.1) is 0 Å². The predicted molar refractivity (Wildman–Crippen MR) is 46.6 cm³/mol. The summed E-state index contributed by atoms with van der Waals surface area (Å²) in [6.07, 6.45) is 0.510. The molecular formula is C9H11F2NO. The van der Waals surface area contributed by atoms with Crippen molar-refractivity contribution in [2.45, 2.75) is 6.42 Å². The second kappa shape index (κ2) is 4.77. The molecule has 13 heavy (non-hydrogen) atoms. The van der Waals surface area contributed by atoms with Crippen LogP contribution >= 0.6 is 0 Å². The van der Waals surface area contributed by atoms with Gasteiger partial charge in [-0.3, -0.25) is 0 Å². The Morgan fingerprint density at radius 1 is 1.31 bits per heavy atom. The van der Waals surface area contributed by atoms with Gasteiger partial charge >= 0.3 is 0 Å². The number of halogens is 2. The highest BCUT2D eigenvalue weighted by molar-refractivity contribution is 5.44. The van der Waals surface area contributed by atoms with Crippen LogP contribution in [0.15, 0.2) is 18.2 Å². The number of aliphatic hydroxyl groups is 1. The minimum absolute atomic E-state index is 0.0317. The lowest BCUT2D eigenvalue weighted by Gasteiger charge is -2.06. The maximum atomic E-state index is 12.9. The van der Waals surface area contributed by atoms with Crippen molar-refractivity contribution in [3.05, 3.63) is 29.8 Å². The van der Waals surface area contributed by atoms with Gasteiger partial charge < -0.3 is 10.4 Å². The summed E-state index contributed by atoms with van der Waals surface area (Å²) in [6, 6.07) is 3.95. The Morgan fingerprint density at radius 3 is 2.77 bits per heavy atom. The molecule has 0 heterocycles. The van der Waals surface area contributed by atoms with E-state index in [4.69, 9.17) is 5.11 Å². The molecule has 1 aromatic carbocycles. The van der Waals surface area contributed by atoms with Crippen LogP contribution < -0.4 is 5.32 Å². The molecule has 2 nitrogen and oxygen atoms in total. The Labute approximate surface area is 75.2 Å². The van der Waals surface area contributed by atoms with Gasteiger partial charge in [0.1, 0.15) is 0 Å². The third-order valence-corrected chi connectivity index (χ3v) is 1.60. The first-order chi connectivity index (χ1) is 6.25. The van der Waals surface area contributed by atoms with E-state index >= 15 is 0 Å². The molecule has 0 aliphatic rings. The second-order valence-electron chi connectivity index (χ2n) is 2.61. The normalized spacial score (nSPS) is 10.1. The third-order valence-electron chi connectivity index (χ3n) is 1.60. The summed E-state index contributed by atoms with van der Waals surface area (Å²) >= 11 is 0. The predicted octanol–water partition coefficient (Wildman–Crippen LogP) is 1.76. The summed E-state index contributed by atoms with van der Waals surface area (Å²) in [5.74, 6) is -1.74. The van der Waals surface area contributed by atoms with Crippen molar-refractivity contribution >= 4 is 5.69 Å². The number of anilines is 1. The molecule has 0 bridgehead atoms. The molecule has 1 aromatic rings. The lowest BCUT2D eigenvalue weighted by Crippen LogP contribution is -2.05. The van der Waals surface area contributed by atoms with Gasteiger partial charge in [0.05, 0.1) is 5.69 Å². The first-order valence-electron chi connectivity index (χ1n) is 4.04. The summed E-state index contributed by atoms with van der Waals surface area (Å²) < 4.78 is 25.6. The maximum absolute atomic E-state index is 12.9. The van der Waals surface area contributed by atoms with Crippen molar-refractivity contribution < 1.29 is 13.9 Å². The third kappa shape index (κ3) is 2.66. The van der Waals surface area contributed by atoms with E-state index in [0.717, 1.165) is 6.07 Å². The number of hydrogen-bond donors (Lipinski definition) is 2. The van der Waals surface area contributed by atoms with Gasteiger partial charge in [0.25, 0.3) is 0 Å². The van der Waals surface area contributed by atoms with Crippen LogP contribution in [-0.2, 0) is 0 Å². The topological polar surface area (TPSA) is 32.3 Å². The van der Waals surface area contributed by atoms with Crippen molar-refractivity contribution in [3.63, 3.8) is 0 Å². The Morgan fingerprint density at radius 2 is 2.08 bits per heavy atom. The van der Waals surface area contributed by atoms with Gasteiger partial charge in [0.2, 0.25) is 0 Å². The molecule has 4 heteroatoms. The summed E-state index contributed by atoms with van der Waals surface area (Å²) in [5.41, 5.74) is 0.133. The minimum Gasteiger partial charge on any atom is -0.396 e. The summed E-state index contributed by atoms with van der Waals surface area (Å²) in [7, 11) is 0. The fourth-order valence-electron chi connectivity index (χ4n) is 0.942. The van der Waals surface area contributed by atoms with Crippen LogP contribution in [0, 0.1) is 11.6 Å². The molecule has 0 aliphatic carbocycles. The fraction of sp³-hybridized carbons (Fsp3) is 0.333. The largest absolute Gasteiger partial charge is 0.396 e. The van der Waals surface area contributed by atoms with E-state index in [1.807, 2.05) is 0 Å². The van der Waals surface area contributed by atoms with E-state index in [1.165, 1.54) is 12.1 Å². The van der Waals surface area contributed by atoms with Gasteiger partial charge in [0.15, 0.2) is 11.6 Å². The highest BCUT2D eigenvalue weighted by Crippen LogP contribution is 2.15. The Balaban J connectivity index is 2.61. The lowest BCUT2D eigenvalue weighted by molar-refractivity contribution is 0.292. The van der Waals surface area contributed by atoms with Crippen LogP contribution in [0.4, 0.5) is 14.5 Å². The monoisotopic (exact) mass is 187 g/mol. The zero-order valence-corrected chi connectivity index (χ0v) is 7.06. The minimum atomic E-state index is -0.875. The molecule has 0 saturated carbocycles. The Bertz CT molecular complexity index is 278. The van der Waals surface area contributed by atoms with Crippen molar-refractivity contribution in [1.82, 2.24) is 0 Å². The van der Waals surface area contributed by atoms with Crippen LogP contribution in [0.3, 0.4) is 0 Å². The van der Waals surface area contributed by atoms with Crippen molar-refractivity contribution in [3.8, 4) is 0 Å². The van der Waals surface area contributed by atoms with E-state index in [2.05, 4.69) is 5.32 Å². The Kier molecular flexibility index (Phi) is 3.64. The molecule has 72 valence electrons. The van der Waals surface area contributed by atoms with E-state index in [9.17, 15) is 8.78 Å². The van der Waals surface area contributed by atoms with Gasteiger partial charge in [-0.1, -0.05) is 6.07 Å². The van der Waals surface area contributed by atoms with E-state index in [0.29, 0.717) is 13.0 Å². The molecule has 0 amide bonds. The van der Waals surface area contributed by atoms with E-state index < -0.39 is 11.6 Å². The van der Waals surface area contributed by atoms with E-state index in [1.54, 1.807) is 0 Å². The molecule has 0 aromatic heterocycles.